The quantitative estimate of drug-likeness (QED) is 0.517. The number of aryl methyl sites for hydroxylation is 1. The molecule has 0 fully saturated rings. The first-order valence-corrected chi connectivity index (χ1v) is 6.64. The predicted octanol–water partition coefficient (Wildman–Crippen LogP) is -1.53. The first kappa shape index (κ1) is 13.8. The van der Waals surface area contributed by atoms with Crippen LogP contribution in [0.15, 0.2) is 9.00 Å². The SMILES string of the molecule is Cc1[nH]c(=O)sc1S(=O)(=O)NCC(O)C(=O)O. The number of hydrogen-bond donors (Lipinski definition) is 4. The van der Waals surface area contributed by atoms with Crippen LogP contribution in [0.1, 0.15) is 5.69 Å². The Labute approximate surface area is 100.0 Å². The number of carbonyl (C=O) groups is 1. The van der Waals surface area contributed by atoms with Crippen molar-refractivity contribution in [3.05, 3.63) is 15.4 Å². The largest absolute Gasteiger partial charge is 0.479 e. The van der Waals surface area contributed by atoms with E-state index in [2.05, 4.69) is 4.98 Å². The van der Waals surface area contributed by atoms with Gasteiger partial charge >= 0.3 is 10.8 Å². The van der Waals surface area contributed by atoms with Gasteiger partial charge in [0.2, 0.25) is 0 Å². The Balaban J connectivity index is 2.87. The van der Waals surface area contributed by atoms with Crippen molar-refractivity contribution in [3.8, 4) is 0 Å². The van der Waals surface area contributed by atoms with E-state index in [1.807, 2.05) is 4.72 Å². The Morgan fingerprint density at radius 3 is 2.59 bits per heavy atom. The van der Waals surface area contributed by atoms with E-state index in [-0.39, 0.29) is 9.90 Å². The number of H-pyrrole nitrogens is 1. The van der Waals surface area contributed by atoms with E-state index in [1.165, 1.54) is 6.92 Å². The van der Waals surface area contributed by atoms with Gasteiger partial charge in [0.15, 0.2) is 10.3 Å². The van der Waals surface area contributed by atoms with Crippen molar-refractivity contribution in [2.24, 2.45) is 0 Å². The van der Waals surface area contributed by atoms with Crippen LogP contribution >= 0.6 is 11.3 Å². The van der Waals surface area contributed by atoms with Crippen LogP contribution in [0.3, 0.4) is 0 Å². The summed E-state index contributed by atoms with van der Waals surface area (Å²) in [5.41, 5.74) is 0.164. The van der Waals surface area contributed by atoms with Crippen molar-refractivity contribution in [1.29, 1.82) is 0 Å². The lowest BCUT2D eigenvalue weighted by Gasteiger charge is -2.07. The van der Waals surface area contributed by atoms with Crippen LogP contribution in [-0.2, 0) is 14.8 Å². The Hall–Kier alpha value is -1.23. The first-order chi connectivity index (χ1) is 7.74. The van der Waals surface area contributed by atoms with E-state index in [1.54, 1.807) is 0 Å². The molecule has 96 valence electrons. The molecule has 0 aliphatic carbocycles. The standard InChI is InChI=1S/C7H10N2O6S2/c1-3-6(16-7(13)9-3)17(14,15)8-2-4(10)5(11)12/h4,8,10H,2H2,1H3,(H,9,13)(H,11,12). The van der Waals surface area contributed by atoms with Gasteiger partial charge in [-0.05, 0) is 6.92 Å². The number of sulfonamides is 1. The van der Waals surface area contributed by atoms with Crippen molar-refractivity contribution < 1.29 is 23.4 Å². The Morgan fingerprint density at radius 1 is 1.59 bits per heavy atom. The van der Waals surface area contributed by atoms with Gasteiger partial charge in [0.05, 0.1) is 0 Å². The summed E-state index contributed by atoms with van der Waals surface area (Å²) in [6, 6.07) is 0. The highest BCUT2D eigenvalue weighted by Gasteiger charge is 2.23. The fourth-order valence-electron chi connectivity index (χ4n) is 0.988. The number of aliphatic hydroxyl groups is 1. The smallest absolute Gasteiger partial charge is 0.333 e. The number of aromatic nitrogens is 1. The van der Waals surface area contributed by atoms with Crippen LogP contribution in [0.5, 0.6) is 0 Å². The minimum Gasteiger partial charge on any atom is -0.479 e. The molecule has 17 heavy (non-hydrogen) atoms. The molecule has 0 aliphatic heterocycles. The van der Waals surface area contributed by atoms with Gasteiger partial charge in [0.1, 0.15) is 0 Å². The van der Waals surface area contributed by atoms with Crippen LogP contribution in [-0.4, -0.2) is 42.2 Å². The molecular weight excluding hydrogens is 272 g/mol. The zero-order chi connectivity index (χ0) is 13.2. The molecule has 1 unspecified atom stereocenters. The van der Waals surface area contributed by atoms with Crippen LogP contribution in [0.25, 0.3) is 0 Å². The normalized spacial score (nSPS) is 13.5. The molecule has 0 aromatic carbocycles. The highest BCUT2D eigenvalue weighted by molar-refractivity contribution is 7.91. The van der Waals surface area contributed by atoms with Gasteiger partial charge in [-0.15, -0.1) is 0 Å². The molecule has 4 N–H and O–H groups in total. The zero-order valence-electron chi connectivity index (χ0n) is 8.63. The van der Waals surface area contributed by atoms with Crippen molar-refractivity contribution >= 4 is 27.3 Å². The van der Waals surface area contributed by atoms with Gasteiger partial charge in [-0.1, -0.05) is 11.3 Å². The lowest BCUT2D eigenvalue weighted by molar-refractivity contribution is -0.146. The number of carboxylic acids is 1. The molecule has 10 heteroatoms. The number of aliphatic carboxylic acids is 1. The molecule has 0 bridgehead atoms. The molecule has 0 spiro atoms. The third-order valence-corrected chi connectivity index (χ3v) is 4.81. The molecule has 0 saturated carbocycles. The van der Waals surface area contributed by atoms with Crippen LogP contribution < -0.4 is 9.60 Å². The summed E-state index contributed by atoms with van der Waals surface area (Å²) in [4.78, 5) is 23.0. The van der Waals surface area contributed by atoms with E-state index in [9.17, 15) is 18.0 Å². The van der Waals surface area contributed by atoms with Gasteiger partial charge in [-0.3, -0.25) is 4.79 Å². The Bertz CT molecular complexity index is 571. The van der Waals surface area contributed by atoms with Crippen molar-refractivity contribution in [1.82, 2.24) is 9.71 Å². The van der Waals surface area contributed by atoms with E-state index < -0.39 is 33.5 Å². The molecule has 1 aromatic heterocycles. The maximum absolute atomic E-state index is 11.6. The van der Waals surface area contributed by atoms with Crippen molar-refractivity contribution in [2.45, 2.75) is 17.2 Å². The number of rotatable bonds is 5. The summed E-state index contributed by atoms with van der Waals surface area (Å²) in [6.07, 6.45) is -1.83. The fourth-order valence-corrected chi connectivity index (χ4v) is 3.37. The van der Waals surface area contributed by atoms with Gasteiger partial charge < -0.3 is 15.2 Å². The number of thiazole rings is 1. The monoisotopic (exact) mass is 282 g/mol. The molecule has 1 atom stereocenters. The molecule has 0 aliphatic rings. The molecule has 1 rings (SSSR count). The maximum Gasteiger partial charge on any atom is 0.333 e. The van der Waals surface area contributed by atoms with Gasteiger partial charge in [-0.25, -0.2) is 17.9 Å². The maximum atomic E-state index is 11.6. The molecule has 0 saturated heterocycles. The number of nitrogens with one attached hydrogen (secondary N) is 2. The number of aromatic amines is 1. The summed E-state index contributed by atoms with van der Waals surface area (Å²) in [7, 11) is -3.98. The van der Waals surface area contributed by atoms with Gasteiger partial charge in [-0.2, -0.15) is 0 Å². The highest BCUT2D eigenvalue weighted by Crippen LogP contribution is 2.15. The molecule has 1 aromatic rings. The predicted molar refractivity (Wildman–Crippen MR) is 58.5 cm³/mol. The summed E-state index contributed by atoms with van der Waals surface area (Å²) < 4.78 is 24.9. The van der Waals surface area contributed by atoms with Crippen LogP contribution in [0.2, 0.25) is 0 Å². The lowest BCUT2D eigenvalue weighted by atomic mass is 10.4. The Morgan fingerprint density at radius 2 is 2.18 bits per heavy atom. The first-order valence-electron chi connectivity index (χ1n) is 4.34. The molecule has 1 heterocycles. The second-order valence-electron chi connectivity index (χ2n) is 3.13. The average molecular weight is 282 g/mol. The number of aliphatic hydroxyl groups excluding tert-OH is 1. The third-order valence-electron chi connectivity index (χ3n) is 1.78. The lowest BCUT2D eigenvalue weighted by Crippen LogP contribution is -2.36. The Kier molecular flexibility index (Phi) is 4.03. The van der Waals surface area contributed by atoms with Crippen LogP contribution in [0.4, 0.5) is 0 Å². The molecule has 0 amide bonds. The molecule has 8 nitrogen and oxygen atoms in total. The summed E-state index contributed by atoms with van der Waals surface area (Å²) in [5, 5.41) is 17.3. The second kappa shape index (κ2) is 4.96. The topological polar surface area (TPSA) is 137 Å². The number of hydrogen-bond acceptors (Lipinski definition) is 6. The third kappa shape index (κ3) is 3.36. The van der Waals surface area contributed by atoms with E-state index in [4.69, 9.17) is 10.2 Å². The molecular formula is C7H10N2O6S2. The van der Waals surface area contributed by atoms with Gasteiger partial charge in [0.25, 0.3) is 10.0 Å². The minimum atomic E-state index is -3.98. The average Bonchev–Trinajstić information content (AvgIpc) is 2.55. The van der Waals surface area contributed by atoms with Crippen LogP contribution in [0, 0.1) is 6.92 Å². The van der Waals surface area contributed by atoms with E-state index >= 15 is 0 Å². The highest BCUT2D eigenvalue weighted by atomic mass is 32.2. The fraction of sp³-hybridized carbons (Fsp3) is 0.429. The van der Waals surface area contributed by atoms with Gasteiger partial charge in [0, 0.05) is 12.2 Å². The second-order valence-corrected chi connectivity index (χ2v) is 6.08. The molecule has 0 radical (unpaired) electrons. The summed E-state index contributed by atoms with van der Waals surface area (Å²) >= 11 is 0.491. The zero-order valence-corrected chi connectivity index (χ0v) is 10.3. The van der Waals surface area contributed by atoms with E-state index in [0.717, 1.165) is 0 Å². The summed E-state index contributed by atoms with van der Waals surface area (Å²) in [6.45, 7) is 0.739. The van der Waals surface area contributed by atoms with Crippen molar-refractivity contribution in [2.75, 3.05) is 6.54 Å². The minimum absolute atomic E-state index is 0.164. The summed E-state index contributed by atoms with van der Waals surface area (Å²) in [5.74, 6) is -1.54. The number of carboxylic acid groups (broad SMARTS) is 1. The van der Waals surface area contributed by atoms with Crippen molar-refractivity contribution in [3.63, 3.8) is 0 Å². The van der Waals surface area contributed by atoms with E-state index in [0.29, 0.717) is 11.3 Å².